The topological polar surface area (TPSA) is 37.3 Å². The Morgan fingerprint density at radius 2 is 2.12 bits per heavy atom. The molecule has 2 rings (SSSR count). The normalized spacial score (nSPS) is 10.5. The first-order chi connectivity index (χ1) is 7.99. The van der Waals surface area contributed by atoms with Gasteiger partial charge in [-0.2, -0.15) is 0 Å². The summed E-state index contributed by atoms with van der Waals surface area (Å²) in [6.07, 6.45) is 0. The van der Waals surface area contributed by atoms with Crippen molar-refractivity contribution < 1.29 is 14.3 Å². The van der Waals surface area contributed by atoms with E-state index in [4.69, 9.17) is 5.11 Å². The van der Waals surface area contributed by atoms with Crippen LogP contribution in [0.15, 0.2) is 28.7 Å². The molecule has 0 aliphatic carbocycles. The summed E-state index contributed by atoms with van der Waals surface area (Å²) in [5.74, 6) is -1.31. The molecule has 0 fully saturated rings. The monoisotopic (exact) mass is 314 g/mol. The van der Waals surface area contributed by atoms with Gasteiger partial charge in [-0.25, -0.2) is 9.18 Å². The fourth-order valence-electron chi connectivity index (χ4n) is 1.51. The maximum absolute atomic E-state index is 13.5. The molecular formula is C12H8BrFO2S. The summed E-state index contributed by atoms with van der Waals surface area (Å²) in [6.45, 7) is 1.86. The second-order valence-electron chi connectivity index (χ2n) is 3.55. The van der Waals surface area contributed by atoms with Crippen LogP contribution >= 0.6 is 27.3 Å². The third kappa shape index (κ3) is 2.40. The molecule has 0 aliphatic heterocycles. The minimum atomic E-state index is -0.962. The standard InChI is InChI=1S/C12H8BrFO2S/c1-6-4-8(13)9(14)5-7(6)10-2-3-11(17-10)12(15)16/h2-5H,1H3,(H,15,16). The van der Waals surface area contributed by atoms with E-state index >= 15 is 0 Å². The van der Waals surface area contributed by atoms with Crippen molar-refractivity contribution in [2.24, 2.45) is 0 Å². The largest absolute Gasteiger partial charge is 0.477 e. The van der Waals surface area contributed by atoms with E-state index in [9.17, 15) is 9.18 Å². The Morgan fingerprint density at radius 3 is 2.71 bits per heavy atom. The highest BCUT2D eigenvalue weighted by Crippen LogP contribution is 2.33. The molecule has 0 atom stereocenters. The summed E-state index contributed by atoms with van der Waals surface area (Å²) in [6, 6.07) is 6.33. The van der Waals surface area contributed by atoms with E-state index in [2.05, 4.69) is 15.9 Å². The molecule has 0 aliphatic rings. The molecule has 2 nitrogen and oxygen atoms in total. The Balaban J connectivity index is 2.52. The smallest absolute Gasteiger partial charge is 0.345 e. The van der Waals surface area contributed by atoms with Crippen LogP contribution in [0.1, 0.15) is 15.2 Å². The Hall–Kier alpha value is -1.20. The van der Waals surface area contributed by atoms with Gasteiger partial charge in [0.1, 0.15) is 10.7 Å². The van der Waals surface area contributed by atoms with Gasteiger partial charge in [0, 0.05) is 4.88 Å². The third-order valence-electron chi connectivity index (χ3n) is 2.35. The molecule has 1 heterocycles. The number of thiophene rings is 1. The molecule has 0 bridgehead atoms. The molecule has 2 aromatic rings. The van der Waals surface area contributed by atoms with E-state index in [1.807, 2.05) is 6.92 Å². The van der Waals surface area contributed by atoms with Crippen molar-refractivity contribution >= 4 is 33.2 Å². The number of aromatic carboxylic acids is 1. The maximum atomic E-state index is 13.5. The van der Waals surface area contributed by atoms with Crippen molar-refractivity contribution in [2.75, 3.05) is 0 Å². The molecular weight excluding hydrogens is 307 g/mol. The SMILES string of the molecule is Cc1cc(Br)c(F)cc1-c1ccc(C(=O)O)s1. The van der Waals surface area contributed by atoms with Gasteiger partial charge in [-0.1, -0.05) is 0 Å². The van der Waals surface area contributed by atoms with Crippen LogP contribution < -0.4 is 0 Å². The zero-order valence-corrected chi connectivity index (χ0v) is 11.2. The van der Waals surface area contributed by atoms with Gasteiger partial charge in [0.2, 0.25) is 0 Å². The van der Waals surface area contributed by atoms with Crippen molar-refractivity contribution in [3.63, 3.8) is 0 Å². The molecule has 0 unspecified atom stereocenters. The van der Waals surface area contributed by atoms with Crippen LogP contribution in [-0.4, -0.2) is 11.1 Å². The van der Waals surface area contributed by atoms with E-state index in [1.54, 1.807) is 12.1 Å². The van der Waals surface area contributed by atoms with Gasteiger partial charge in [-0.3, -0.25) is 0 Å². The highest BCUT2D eigenvalue weighted by molar-refractivity contribution is 9.10. The van der Waals surface area contributed by atoms with Gasteiger partial charge in [-0.05, 0) is 58.2 Å². The highest BCUT2D eigenvalue weighted by atomic mass is 79.9. The fraction of sp³-hybridized carbons (Fsp3) is 0.0833. The molecule has 88 valence electrons. The van der Waals surface area contributed by atoms with E-state index in [-0.39, 0.29) is 10.7 Å². The zero-order valence-electron chi connectivity index (χ0n) is 8.83. The average molecular weight is 315 g/mol. The number of rotatable bonds is 2. The Kier molecular flexibility index (Phi) is 3.31. The minimum absolute atomic E-state index is 0.253. The Bertz CT molecular complexity index is 592. The lowest BCUT2D eigenvalue weighted by Crippen LogP contribution is -1.89. The molecule has 5 heteroatoms. The molecule has 1 aromatic carbocycles. The number of hydrogen-bond acceptors (Lipinski definition) is 2. The van der Waals surface area contributed by atoms with Crippen molar-refractivity contribution in [1.82, 2.24) is 0 Å². The molecule has 0 spiro atoms. The number of hydrogen-bond donors (Lipinski definition) is 1. The summed E-state index contributed by atoms with van der Waals surface area (Å²) in [4.78, 5) is 11.8. The van der Waals surface area contributed by atoms with Crippen molar-refractivity contribution in [3.05, 3.63) is 45.0 Å². The molecule has 0 amide bonds. The predicted octanol–water partition coefficient (Wildman–Crippen LogP) is 4.32. The van der Waals surface area contributed by atoms with Crippen molar-refractivity contribution in [3.8, 4) is 10.4 Å². The van der Waals surface area contributed by atoms with Gasteiger partial charge in [0.15, 0.2) is 0 Å². The van der Waals surface area contributed by atoms with Crippen LogP contribution in [0.3, 0.4) is 0 Å². The molecule has 17 heavy (non-hydrogen) atoms. The predicted molar refractivity (Wildman–Crippen MR) is 69.1 cm³/mol. The van der Waals surface area contributed by atoms with E-state index < -0.39 is 5.97 Å². The fourth-order valence-corrected chi connectivity index (χ4v) is 2.89. The number of halogens is 2. The molecule has 0 saturated heterocycles. The van der Waals surface area contributed by atoms with Gasteiger partial charge in [0.05, 0.1) is 4.47 Å². The van der Waals surface area contributed by atoms with Gasteiger partial charge in [0.25, 0.3) is 0 Å². The summed E-state index contributed by atoms with van der Waals surface area (Å²) >= 11 is 4.26. The van der Waals surface area contributed by atoms with Crippen molar-refractivity contribution in [2.45, 2.75) is 6.92 Å². The van der Waals surface area contributed by atoms with Gasteiger partial charge in [-0.15, -0.1) is 11.3 Å². The van der Waals surface area contributed by atoms with Crippen LogP contribution in [-0.2, 0) is 0 Å². The molecule has 1 N–H and O–H groups in total. The average Bonchev–Trinajstić information content (AvgIpc) is 2.72. The lowest BCUT2D eigenvalue weighted by molar-refractivity contribution is 0.0702. The second kappa shape index (κ2) is 4.58. The number of carboxylic acid groups (broad SMARTS) is 1. The first kappa shape index (κ1) is 12.3. The minimum Gasteiger partial charge on any atom is -0.477 e. The maximum Gasteiger partial charge on any atom is 0.345 e. The van der Waals surface area contributed by atoms with Gasteiger partial charge >= 0.3 is 5.97 Å². The lowest BCUT2D eigenvalue weighted by Gasteiger charge is -2.04. The van der Waals surface area contributed by atoms with E-state index in [0.717, 1.165) is 27.3 Å². The van der Waals surface area contributed by atoms with Crippen LogP contribution in [0.25, 0.3) is 10.4 Å². The van der Waals surface area contributed by atoms with Crippen LogP contribution in [0, 0.1) is 12.7 Å². The number of carbonyl (C=O) groups is 1. The van der Waals surface area contributed by atoms with Gasteiger partial charge < -0.3 is 5.11 Å². The molecule has 0 saturated carbocycles. The van der Waals surface area contributed by atoms with Crippen molar-refractivity contribution in [1.29, 1.82) is 0 Å². The lowest BCUT2D eigenvalue weighted by atomic mass is 10.1. The summed E-state index contributed by atoms with van der Waals surface area (Å²) < 4.78 is 13.9. The first-order valence-electron chi connectivity index (χ1n) is 4.78. The Morgan fingerprint density at radius 1 is 1.41 bits per heavy atom. The summed E-state index contributed by atoms with van der Waals surface area (Å²) in [5.41, 5.74) is 1.63. The third-order valence-corrected chi connectivity index (χ3v) is 4.06. The summed E-state index contributed by atoms with van der Waals surface area (Å²) in [7, 11) is 0. The molecule has 0 radical (unpaired) electrons. The number of benzene rings is 1. The Labute approximate surface area is 110 Å². The van der Waals surface area contributed by atoms with E-state index in [0.29, 0.717) is 4.47 Å². The van der Waals surface area contributed by atoms with Crippen LogP contribution in [0.5, 0.6) is 0 Å². The number of aryl methyl sites for hydroxylation is 1. The number of carboxylic acids is 1. The summed E-state index contributed by atoms with van der Waals surface area (Å²) in [5, 5.41) is 8.84. The molecule has 1 aromatic heterocycles. The first-order valence-corrected chi connectivity index (χ1v) is 6.39. The highest BCUT2D eigenvalue weighted by Gasteiger charge is 2.12. The van der Waals surface area contributed by atoms with E-state index in [1.165, 1.54) is 12.1 Å². The van der Waals surface area contributed by atoms with Crippen LogP contribution in [0.4, 0.5) is 4.39 Å². The quantitative estimate of drug-likeness (QED) is 0.896. The zero-order chi connectivity index (χ0) is 12.6. The van der Waals surface area contributed by atoms with Crippen LogP contribution in [0.2, 0.25) is 0 Å². The second-order valence-corrected chi connectivity index (χ2v) is 5.49.